The Labute approximate surface area is 117 Å². The SMILES string of the molecule is CN(CC1(O)CCOCC1)c1c(Cl)cccc1C=O. The standard InChI is InChI=1S/C14H18ClNO3/c1-16(10-14(18)5-7-19-8-6-14)13-11(9-17)3-2-4-12(13)15/h2-4,9,18H,5-8,10H2,1H3. The lowest BCUT2D eigenvalue weighted by Crippen LogP contribution is -2.46. The van der Waals surface area contributed by atoms with Gasteiger partial charge in [0.05, 0.1) is 16.3 Å². The zero-order chi connectivity index (χ0) is 13.9. The summed E-state index contributed by atoms with van der Waals surface area (Å²) in [7, 11) is 1.83. The van der Waals surface area contributed by atoms with Crippen molar-refractivity contribution in [3.05, 3.63) is 28.8 Å². The monoisotopic (exact) mass is 283 g/mol. The van der Waals surface area contributed by atoms with Crippen LogP contribution in [0, 0.1) is 0 Å². The number of halogens is 1. The number of aliphatic hydroxyl groups is 1. The Morgan fingerprint density at radius 1 is 1.47 bits per heavy atom. The Morgan fingerprint density at radius 3 is 2.79 bits per heavy atom. The summed E-state index contributed by atoms with van der Waals surface area (Å²) < 4.78 is 5.26. The van der Waals surface area contributed by atoms with Gasteiger partial charge in [-0.1, -0.05) is 17.7 Å². The number of benzene rings is 1. The van der Waals surface area contributed by atoms with Crippen LogP contribution in [-0.2, 0) is 4.74 Å². The highest BCUT2D eigenvalue weighted by atomic mass is 35.5. The number of hydrogen-bond acceptors (Lipinski definition) is 4. The van der Waals surface area contributed by atoms with Gasteiger partial charge in [-0.15, -0.1) is 0 Å². The van der Waals surface area contributed by atoms with Crippen LogP contribution in [0.25, 0.3) is 0 Å². The van der Waals surface area contributed by atoms with E-state index in [1.54, 1.807) is 18.2 Å². The molecule has 0 saturated carbocycles. The molecule has 1 aromatic rings. The molecule has 1 aromatic carbocycles. The van der Waals surface area contributed by atoms with Crippen LogP contribution in [0.5, 0.6) is 0 Å². The van der Waals surface area contributed by atoms with Crippen LogP contribution < -0.4 is 4.90 Å². The first kappa shape index (κ1) is 14.3. The van der Waals surface area contributed by atoms with E-state index in [1.807, 2.05) is 11.9 Å². The molecule has 0 atom stereocenters. The minimum Gasteiger partial charge on any atom is -0.388 e. The summed E-state index contributed by atoms with van der Waals surface area (Å²) in [4.78, 5) is 12.9. The molecule has 0 unspecified atom stereocenters. The van der Waals surface area contributed by atoms with E-state index in [0.717, 1.165) is 6.29 Å². The fourth-order valence-corrected chi connectivity index (χ4v) is 2.79. The summed E-state index contributed by atoms with van der Waals surface area (Å²) in [5.41, 5.74) is 0.413. The molecule has 1 N–H and O–H groups in total. The Hall–Kier alpha value is -1.10. The summed E-state index contributed by atoms with van der Waals surface area (Å²) >= 11 is 6.16. The third kappa shape index (κ3) is 3.26. The molecule has 5 heteroatoms. The number of para-hydroxylation sites is 1. The molecule has 0 spiro atoms. The van der Waals surface area contributed by atoms with Crippen molar-refractivity contribution in [1.29, 1.82) is 0 Å². The van der Waals surface area contributed by atoms with E-state index in [1.165, 1.54) is 0 Å². The maximum Gasteiger partial charge on any atom is 0.152 e. The van der Waals surface area contributed by atoms with Gasteiger partial charge < -0.3 is 14.7 Å². The number of ether oxygens (including phenoxy) is 1. The second-order valence-electron chi connectivity index (χ2n) is 4.99. The van der Waals surface area contributed by atoms with E-state index >= 15 is 0 Å². The molecule has 0 radical (unpaired) electrons. The molecule has 2 rings (SSSR count). The molecule has 1 aliphatic heterocycles. The van der Waals surface area contributed by atoms with Crippen molar-refractivity contribution in [3.63, 3.8) is 0 Å². The molecular weight excluding hydrogens is 266 g/mol. The van der Waals surface area contributed by atoms with E-state index in [-0.39, 0.29) is 0 Å². The van der Waals surface area contributed by atoms with Gasteiger partial charge in [0.2, 0.25) is 0 Å². The van der Waals surface area contributed by atoms with Gasteiger partial charge in [-0.25, -0.2) is 0 Å². The van der Waals surface area contributed by atoms with Crippen molar-refractivity contribution >= 4 is 23.6 Å². The largest absolute Gasteiger partial charge is 0.388 e. The molecule has 1 aliphatic rings. The van der Waals surface area contributed by atoms with E-state index in [9.17, 15) is 9.90 Å². The molecule has 4 nitrogen and oxygen atoms in total. The first-order valence-corrected chi connectivity index (χ1v) is 6.68. The number of rotatable bonds is 4. The molecule has 104 valence electrons. The van der Waals surface area contributed by atoms with E-state index in [0.29, 0.717) is 48.9 Å². The summed E-state index contributed by atoms with van der Waals surface area (Å²) in [5, 5.41) is 11.0. The Balaban J connectivity index is 2.19. The van der Waals surface area contributed by atoms with Crippen molar-refractivity contribution < 1.29 is 14.6 Å². The fraction of sp³-hybridized carbons (Fsp3) is 0.500. The molecule has 0 amide bonds. The summed E-state index contributed by atoms with van der Waals surface area (Å²) in [6.45, 7) is 1.56. The van der Waals surface area contributed by atoms with Gasteiger partial charge in [0.1, 0.15) is 0 Å². The average molecular weight is 284 g/mol. The molecule has 0 aliphatic carbocycles. The van der Waals surface area contributed by atoms with Gasteiger partial charge in [0.25, 0.3) is 0 Å². The normalized spacial score (nSPS) is 18.1. The highest BCUT2D eigenvalue weighted by Gasteiger charge is 2.32. The van der Waals surface area contributed by atoms with Gasteiger partial charge in [-0.3, -0.25) is 4.79 Å². The molecular formula is C14H18ClNO3. The highest BCUT2D eigenvalue weighted by molar-refractivity contribution is 6.33. The second-order valence-corrected chi connectivity index (χ2v) is 5.40. The molecule has 0 bridgehead atoms. The quantitative estimate of drug-likeness (QED) is 0.860. The van der Waals surface area contributed by atoms with Crippen LogP contribution in [0.15, 0.2) is 18.2 Å². The number of nitrogens with zero attached hydrogens (tertiary/aromatic N) is 1. The third-order valence-electron chi connectivity index (χ3n) is 3.48. The lowest BCUT2D eigenvalue weighted by atomic mass is 9.93. The van der Waals surface area contributed by atoms with Crippen LogP contribution in [0.2, 0.25) is 5.02 Å². The van der Waals surface area contributed by atoms with Crippen molar-refractivity contribution in [2.75, 3.05) is 31.7 Å². The lowest BCUT2D eigenvalue weighted by Gasteiger charge is -2.36. The van der Waals surface area contributed by atoms with Gasteiger partial charge in [0.15, 0.2) is 6.29 Å². The zero-order valence-electron chi connectivity index (χ0n) is 10.9. The number of carbonyl (C=O) groups is 1. The first-order chi connectivity index (χ1) is 9.06. The van der Waals surface area contributed by atoms with Gasteiger partial charge in [-0.05, 0) is 12.1 Å². The molecule has 1 fully saturated rings. The predicted octanol–water partition coefficient (Wildman–Crippen LogP) is 2.13. The summed E-state index contributed by atoms with van der Waals surface area (Å²) in [6.07, 6.45) is 1.97. The van der Waals surface area contributed by atoms with Gasteiger partial charge in [0, 0.05) is 45.2 Å². The van der Waals surface area contributed by atoms with E-state index in [4.69, 9.17) is 16.3 Å². The predicted molar refractivity (Wildman–Crippen MR) is 75.1 cm³/mol. The van der Waals surface area contributed by atoms with Gasteiger partial charge >= 0.3 is 0 Å². The number of likely N-dealkylation sites (N-methyl/N-ethyl adjacent to an activating group) is 1. The topological polar surface area (TPSA) is 49.8 Å². The second kappa shape index (κ2) is 5.90. The zero-order valence-corrected chi connectivity index (χ0v) is 11.7. The van der Waals surface area contributed by atoms with Crippen LogP contribution in [0.1, 0.15) is 23.2 Å². The van der Waals surface area contributed by atoms with Crippen molar-refractivity contribution in [3.8, 4) is 0 Å². The Bertz CT molecular complexity index is 458. The van der Waals surface area contributed by atoms with Gasteiger partial charge in [-0.2, -0.15) is 0 Å². The van der Waals surface area contributed by atoms with Crippen LogP contribution in [0.4, 0.5) is 5.69 Å². The van der Waals surface area contributed by atoms with Crippen molar-refractivity contribution in [2.45, 2.75) is 18.4 Å². The Kier molecular flexibility index (Phi) is 4.45. The third-order valence-corrected chi connectivity index (χ3v) is 3.79. The number of anilines is 1. The first-order valence-electron chi connectivity index (χ1n) is 6.31. The van der Waals surface area contributed by atoms with Crippen LogP contribution in [-0.4, -0.2) is 43.8 Å². The smallest absolute Gasteiger partial charge is 0.152 e. The minimum absolute atomic E-state index is 0.431. The maximum atomic E-state index is 11.1. The molecule has 0 aromatic heterocycles. The molecule has 1 saturated heterocycles. The molecule has 1 heterocycles. The Morgan fingerprint density at radius 2 is 2.16 bits per heavy atom. The number of hydrogen-bond donors (Lipinski definition) is 1. The number of carbonyl (C=O) groups excluding carboxylic acids is 1. The van der Waals surface area contributed by atoms with E-state index < -0.39 is 5.60 Å². The fourth-order valence-electron chi connectivity index (χ4n) is 2.46. The van der Waals surface area contributed by atoms with E-state index in [2.05, 4.69) is 0 Å². The van der Waals surface area contributed by atoms with Crippen LogP contribution in [0.3, 0.4) is 0 Å². The average Bonchev–Trinajstić information content (AvgIpc) is 2.38. The lowest BCUT2D eigenvalue weighted by molar-refractivity contribution is -0.0572. The molecule has 19 heavy (non-hydrogen) atoms. The minimum atomic E-state index is -0.785. The highest BCUT2D eigenvalue weighted by Crippen LogP contribution is 2.31. The van der Waals surface area contributed by atoms with Crippen molar-refractivity contribution in [2.24, 2.45) is 0 Å². The number of aldehydes is 1. The maximum absolute atomic E-state index is 11.1. The summed E-state index contributed by atoms with van der Waals surface area (Å²) in [6, 6.07) is 5.21. The summed E-state index contributed by atoms with van der Waals surface area (Å²) in [5.74, 6) is 0. The van der Waals surface area contributed by atoms with Crippen LogP contribution >= 0.6 is 11.6 Å². The van der Waals surface area contributed by atoms with Crippen molar-refractivity contribution in [1.82, 2.24) is 0 Å².